The summed E-state index contributed by atoms with van der Waals surface area (Å²) in [4.78, 5) is 0. The molecule has 0 fully saturated rings. The van der Waals surface area contributed by atoms with Crippen LogP contribution in [0.25, 0.3) is 0 Å². The number of ether oxygens (including phenoxy) is 2. The number of rotatable bonds is 6. The zero-order valence-corrected chi connectivity index (χ0v) is 11.3. The van der Waals surface area contributed by atoms with Gasteiger partial charge in [-0.05, 0) is 36.2 Å². The maximum absolute atomic E-state index is 5.71. The first-order valence-corrected chi connectivity index (χ1v) is 6.34. The molecule has 0 spiro atoms. The highest BCUT2D eigenvalue weighted by molar-refractivity contribution is 5.43. The first-order chi connectivity index (χ1) is 9.26. The van der Waals surface area contributed by atoms with Gasteiger partial charge in [0.2, 0.25) is 0 Å². The average Bonchev–Trinajstić information content (AvgIpc) is 2.92. The van der Waals surface area contributed by atoms with Crippen LogP contribution < -0.4 is 15.2 Å². The van der Waals surface area contributed by atoms with Crippen LogP contribution in [0.1, 0.15) is 24.0 Å². The van der Waals surface area contributed by atoms with Crippen molar-refractivity contribution < 1.29 is 13.9 Å². The van der Waals surface area contributed by atoms with Gasteiger partial charge in [0.1, 0.15) is 18.1 Å². The Bertz CT molecular complexity index is 534. The lowest BCUT2D eigenvalue weighted by Crippen LogP contribution is -1.98. The van der Waals surface area contributed by atoms with E-state index in [1.165, 1.54) is 5.56 Å². The molecule has 4 heteroatoms. The van der Waals surface area contributed by atoms with Gasteiger partial charge in [0.05, 0.1) is 13.7 Å². The Morgan fingerprint density at radius 1 is 1.11 bits per heavy atom. The third-order valence-corrected chi connectivity index (χ3v) is 2.92. The van der Waals surface area contributed by atoms with Crippen LogP contribution in [0.15, 0.2) is 34.7 Å². The molecule has 1 aromatic heterocycles. The van der Waals surface area contributed by atoms with E-state index in [2.05, 4.69) is 6.92 Å². The van der Waals surface area contributed by atoms with E-state index in [9.17, 15) is 0 Å². The van der Waals surface area contributed by atoms with E-state index >= 15 is 0 Å². The van der Waals surface area contributed by atoms with Gasteiger partial charge in [0.25, 0.3) is 0 Å². The topological polar surface area (TPSA) is 57.6 Å². The molecule has 0 saturated heterocycles. The Labute approximate surface area is 113 Å². The maximum atomic E-state index is 5.71. The van der Waals surface area contributed by atoms with Crippen molar-refractivity contribution in [1.82, 2.24) is 0 Å². The molecule has 0 amide bonds. The molecule has 4 nitrogen and oxygen atoms in total. The molecule has 102 valence electrons. The van der Waals surface area contributed by atoms with Crippen LogP contribution in [0.5, 0.6) is 11.5 Å². The average molecular weight is 261 g/mol. The number of hydrogen-bond donors (Lipinski definition) is 1. The van der Waals surface area contributed by atoms with Crippen LogP contribution in [0.3, 0.4) is 0 Å². The summed E-state index contributed by atoms with van der Waals surface area (Å²) in [6.45, 7) is 2.86. The van der Waals surface area contributed by atoms with Crippen molar-refractivity contribution in [1.29, 1.82) is 0 Å². The number of methoxy groups -OCH3 is 1. The first kappa shape index (κ1) is 13.5. The minimum Gasteiger partial charge on any atom is -0.493 e. The van der Waals surface area contributed by atoms with Crippen molar-refractivity contribution in [2.45, 2.75) is 26.5 Å². The number of nitrogens with two attached hydrogens (primary N) is 1. The SMILES string of the molecule is CCc1ccc(OCc2ccc(CN)o2)c(OC)c1. The molecule has 1 heterocycles. The second-order valence-electron chi connectivity index (χ2n) is 4.20. The fraction of sp³-hybridized carbons (Fsp3) is 0.333. The molecule has 0 aliphatic heterocycles. The number of aryl methyl sites for hydroxylation is 1. The fourth-order valence-electron chi connectivity index (χ4n) is 1.81. The maximum Gasteiger partial charge on any atom is 0.161 e. The van der Waals surface area contributed by atoms with Gasteiger partial charge in [-0.15, -0.1) is 0 Å². The van der Waals surface area contributed by atoms with Crippen LogP contribution >= 0.6 is 0 Å². The van der Waals surface area contributed by atoms with Crippen molar-refractivity contribution >= 4 is 0 Å². The summed E-state index contributed by atoms with van der Waals surface area (Å²) in [6, 6.07) is 9.67. The highest BCUT2D eigenvalue weighted by Crippen LogP contribution is 2.29. The summed E-state index contributed by atoms with van der Waals surface area (Å²) < 4.78 is 16.5. The Hall–Kier alpha value is -1.94. The standard InChI is InChI=1S/C15H19NO3/c1-3-11-4-7-14(15(8-11)17-2)18-10-13-6-5-12(9-16)19-13/h4-8H,3,9-10,16H2,1-2H3. The van der Waals surface area contributed by atoms with E-state index in [0.717, 1.165) is 23.7 Å². The minimum absolute atomic E-state index is 0.363. The van der Waals surface area contributed by atoms with E-state index < -0.39 is 0 Å². The summed E-state index contributed by atoms with van der Waals surface area (Å²) in [5.74, 6) is 2.96. The molecule has 2 aromatic rings. The molecular formula is C15H19NO3. The summed E-state index contributed by atoms with van der Waals surface area (Å²) in [6.07, 6.45) is 0.967. The Morgan fingerprint density at radius 2 is 1.89 bits per heavy atom. The van der Waals surface area contributed by atoms with Gasteiger partial charge in [0.15, 0.2) is 11.5 Å². The summed E-state index contributed by atoms with van der Waals surface area (Å²) in [7, 11) is 1.64. The van der Waals surface area contributed by atoms with Crippen LogP contribution in [-0.4, -0.2) is 7.11 Å². The van der Waals surface area contributed by atoms with Crippen molar-refractivity contribution in [2.24, 2.45) is 5.73 Å². The minimum atomic E-state index is 0.363. The Kier molecular flexibility index (Phi) is 4.47. The lowest BCUT2D eigenvalue weighted by Gasteiger charge is -2.10. The van der Waals surface area contributed by atoms with Crippen molar-refractivity contribution in [3.8, 4) is 11.5 Å². The molecule has 0 aliphatic rings. The zero-order valence-electron chi connectivity index (χ0n) is 11.3. The smallest absolute Gasteiger partial charge is 0.161 e. The van der Waals surface area contributed by atoms with Crippen molar-refractivity contribution in [3.05, 3.63) is 47.4 Å². The van der Waals surface area contributed by atoms with Gasteiger partial charge in [-0.2, -0.15) is 0 Å². The molecule has 1 aromatic carbocycles. The number of benzene rings is 1. The van der Waals surface area contributed by atoms with Gasteiger partial charge >= 0.3 is 0 Å². The third-order valence-electron chi connectivity index (χ3n) is 2.92. The van der Waals surface area contributed by atoms with E-state index in [-0.39, 0.29) is 0 Å². The van der Waals surface area contributed by atoms with Crippen molar-refractivity contribution in [2.75, 3.05) is 7.11 Å². The van der Waals surface area contributed by atoms with Gasteiger partial charge in [-0.1, -0.05) is 13.0 Å². The second kappa shape index (κ2) is 6.29. The largest absolute Gasteiger partial charge is 0.493 e. The number of hydrogen-bond acceptors (Lipinski definition) is 4. The van der Waals surface area contributed by atoms with E-state index in [1.807, 2.05) is 30.3 Å². The molecular weight excluding hydrogens is 242 g/mol. The molecule has 2 N–H and O–H groups in total. The van der Waals surface area contributed by atoms with Gasteiger partial charge in [-0.25, -0.2) is 0 Å². The zero-order chi connectivity index (χ0) is 13.7. The molecule has 0 unspecified atom stereocenters. The lowest BCUT2D eigenvalue weighted by atomic mass is 10.1. The van der Waals surface area contributed by atoms with E-state index in [4.69, 9.17) is 19.6 Å². The van der Waals surface area contributed by atoms with Gasteiger partial charge < -0.3 is 19.6 Å². The van der Waals surface area contributed by atoms with E-state index in [0.29, 0.717) is 18.9 Å². The van der Waals surface area contributed by atoms with Crippen LogP contribution in [-0.2, 0) is 19.6 Å². The summed E-state index contributed by atoms with van der Waals surface area (Å²) in [5.41, 5.74) is 6.71. The summed E-state index contributed by atoms with van der Waals surface area (Å²) >= 11 is 0. The molecule has 2 rings (SSSR count). The van der Waals surface area contributed by atoms with E-state index in [1.54, 1.807) is 7.11 Å². The second-order valence-corrected chi connectivity index (χ2v) is 4.20. The van der Waals surface area contributed by atoms with Gasteiger partial charge in [-0.3, -0.25) is 0 Å². The molecule has 19 heavy (non-hydrogen) atoms. The first-order valence-electron chi connectivity index (χ1n) is 6.34. The summed E-state index contributed by atoms with van der Waals surface area (Å²) in [5, 5.41) is 0. The normalized spacial score (nSPS) is 10.5. The molecule has 0 aliphatic carbocycles. The Morgan fingerprint density at radius 3 is 2.53 bits per heavy atom. The molecule has 0 radical (unpaired) electrons. The highest BCUT2D eigenvalue weighted by Gasteiger charge is 2.07. The van der Waals surface area contributed by atoms with Crippen LogP contribution in [0.4, 0.5) is 0 Å². The molecule has 0 bridgehead atoms. The predicted molar refractivity (Wildman–Crippen MR) is 73.3 cm³/mol. The molecule has 0 saturated carbocycles. The predicted octanol–water partition coefficient (Wildman–Crippen LogP) is 2.89. The third kappa shape index (κ3) is 3.29. The van der Waals surface area contributed by atoms with Crippen LogP contribution in [0, 0.1) is 0 Å². The number of furan rings is 1. The monoisotopic (exact) mass is 261 g/mol. The van der Waals surface area contributed by atoms with Gasteiger partial charge in [0, 0.05) is 0 Å². The van der Waals surface area contributed by atoms with Crippen molar-refractivity contribution in [3.63, 3.8) is 0 Å². The highest BCUT2D eigenvalue weighted by atomic mass is 16.5. The van der Waals surface area contributed by atoms with Crippen LogP contribution in [0.2, 0.25) is 0 Å². The molecule has 0 atom stereocenters. The quantitative estimate of drug-likeness (QED) is 0.868. The Balaban J connectivity index is 2.06. The fourth-order valence-corrected chi connectivity index (χ4v) is 1.81. The lowest BCUT2D eigenvalue weighted by molar-refractivity contribution is 0.253.